The predicted molar refractivity (Wildman–Crippen MR) is 76.6 cm³/mol. The van der Waals surface area contributed by atoms with Crippen molar-refractivity contribution >= 4 is 16.7 Å². The molecule has 0 amide bonds. The Morgan fingerprint density at radius 2 is 2.10 bits per heavy atom. The third-order valence-corrected chi connectivity index (χ3v) is 3.06. The number of anilines is 1. The van der Waals surface area contributed by atoms with Gasteiger partial charge in [-0.2, -0.15) is 0 Å². The van der Waals surface area contributed by atoms with E-state index in [1.807, 2.05) is 17.6 Å². The van der Waals surface area contributed by atoms with Crippen LogP contribution in [0.3, 0.4) is 0 Å². The maximum Gasteiger partial charge on any atom is 0.167 e. The number of nitrogens with two attached hydrogens (primary N) is 1. The molecule has 0 atom stereocenters. The number of hydrogen-bond acceptors (Lipinski definition) is 3. The first-order valence-electron chi connectivity index (χ1n) is 6.34. The molecular formula is C15H14FN3O. The molecule has 0 aliphatic carbocycles. The zero-order valence-corrected chi connectivity index (χ0v) is 11.0. The second kappa shape index (κ2) is 4.85. The summed E-state index contributed by atoms with van der Waals surface area (Å²) >= 11 is 0. The Morgan fingerprint density at radius 3 is 2.85 bits per heavy atom. The lowest BCUT2D eigenvalue weighted by Crippen LogP contribution is -1.97. The van der Waals surface area contributed by atoms with Crippen molar-refractivity contribution in [3.8, 4) is 11.4 Å². The quantitative estimate of drug-likeness (QED) is 0.744. The van der Waals surface area contributed by atoms with Crippen LogP contribution in [0.5, 0.6) is 5.75 Å². The van der Waals surface area contributed by atoms with E-state index in [1.54, 1.807) is 30.6 Å². The fraction of sp³-hybridized carbons (Fsp3) is 0.133. The van der Waals surface area contributed by atoms with Crippen LogP contribution in [0.4, 0.5) is 10.1 Å². The molecule has 4 nitrogen and oxygen atoms in total. The molecule has 0 radical (unpaired) electrons. The highest BCUT2D eigenvalue weighted by molar-refractivity contribution is 5.80. The molecule has 5 heteroatoms. The Kier molecular flexibility index (Phi) is 3.02. The van der Waals surface area contributed by atoms with Crippen molar-refractivity contribution < 1.29 is 9.13 Å². The van der Waals surface area contributed by atoms with Crippen molar-refractivity contribution in [2.24, 2.45) is 0 Å². The van der Waals surface area contributed by atoms with E-state index in [4.69, 9.17) is 10.5 Å². The second-order valence-electron chi connectivity index (χ2n) is 4.41. The van der Waals surface area contributed by atoms with Gasteiger partial charge >= 0.3 is 0 Å². The fourth-order valence-corrected chi connectivity index (χ4v) is 2.15. The largest absolute Gasteiger partial charge is 0.491 e. The van der Waals surface area contributed by atoms with Gasteiger partial charge in [0.05, 0.1) is 23.3 Å². The molecule has 0 saturated carbocycles. The van der Waals surface area contributed by atoms with Crippen LogP contribution in [0.15, 0.2) is 42.7 Å². The minimum Gasteiger partial charge on any atom is -0.491 e. The van der Waals surface area contributed by atoms with Crippen molar-refractivity contribution in [2.45, 2.75) is 6.92 Å². The number of nitrogen functional groups attached to an aromatic ring is 1. The van der Waals surface area contributed by atoms with E-state index in [0.717, 1.165) is 11.0 Å². The summed E-state index contributed by atoms with van der Waals surface area (Å²) in [5.41, 5.74) is 8.72. The average molecular weight is 271 g/mol. The molecule has 0 bridgehead atoms. The summed E-state index contributed by atoms with van der Waals surface area (Å²) in [5.74, 6) is -0.133. The minimum absolute atomic E-state index is 0.255. The van der Waals surface area contributed by atoms with E-state index in [0.29, 0.717) is 18.0 Å². The fourth-order valence-electron chi connectivity index (χ4n) is 2.15. The molecule has 0 unspecified atom stereocenters. The standard InChI is InChI=1S/C15H14FN3O/c1-2-20-15-6-4-11(8-12(15)16)19-9-18-13-7-10(17)3-5-14(13)19/h3-9H,2,17H2,1H3. The maximum atomic E-state index is 13.9. The lowest BCUT2D eigenvalue weighted by molar-refractivity contribution is 0.321. The summed E-state index contributed by atoms with van der Waals surface area (Å²) in [6.07, 6.45) is 1.65. The van der Waals surface area contributed by atoms with Crippen LogP contribution in [0.2, 0.25) is 0 Å². The molecule has 20 heavy (non-hydrogen) atoms. The van der Waals surface area contributed by atoms with E-state index in [2.05, 4.69) is 4.98 Å². The SMILES string of the molecule is CCOc1ccc(-n2cnc3cc(N)ccc32)cc1F. The highest BCUT2D eigenvalue weighted by atomic mass is 19.1. The zero-order chi connectivity index (χ0) is 14.1. The summed E-state index contributed by atoms with van der Waals surface area (Å²) in [7, 11) is 0. The molecule has 0 aliphatic heterocycles. The van der Waals surface area contributed by atoms with Crippen molar-refractivity contribution in [1.82, 2.24) is 9.55 Å². The Hall–Kier alpha value is -2.56. The zero-order valence-electron chi connectivity index (χ0n) is 11.0. The molecule has 0 aliphatic rings. The Balaban J connectivity index is 2.09. The van der Waals surface area contributed by atoms with Gasteiger partial charge in [0, 0.05) is 11.8 Å². The summed E-state index contributed by atoms with van der Waals surface area (Å²) in [6, 6.07) is 10.3. The molecule has 2 aromatic carbocycles. The van der Waals surface area contributed by atoms with E-state index in [-0.39, 0.29) is 11.6 Å². The molecule has 0 spiro atoms. The third-order valence-electron chi connectivity index (χ3n) is 3.06. The van der Waals surface area contributed by atoms with E-state index >= 15 is 0 Å². The number of hydrogen-bond donors (Lipinski definition) is 1. The second-order valence-corrected chi connectivity index (χ2v) is 4.41. The first kappa shape index (κ1) is 12.5. The highest BCUT2D eigenvalue weighted by Gasteiger charge is 2.08. The van der Waals surface area contributed by atoms with Gasteiger partial charge in [0.15, 0.2) is 11.6 Å². The van der Waals surface area contributed by atoms with E-state index in [1.165, 1.54) is 6.07 Å². The van der Waals surface area contributed by atoms with Gasteiger partial charge < -0.3 is 10.5 Å². The summed E-state index contributed by atoms with van der Waals surface area (Å²) in [5, 5.41) is 0. The van der Waals surface area contributed by atoms with Crippen LogP contribution >= 0.6 is 0 Å². The van der Waals surface area contributed by atoms with Crippen LogP contribution in [-0.2, 0) is 0 Å². The highest BCUT2D eigenvalue weighted by Crippen LogP contribution is 2.24. The van der Waals surface area contributed by atoms with Gasteiger partial charge in [-0.1, -0.05) is 0 Å². The van der Waals surface area contributed by atoms with Gasteiger partial charge in [-0.05, 0) is 37.3 Å². The van der Waals surface area contributed by atoms with Crippen LogP contribution in [-0.4, -0.2) is 16.2 Å². The lowest BCUT2D eigenvalue weighted by Gasteiger charge is -2.08. The molecule has 0 fully saturated rings. The molecule has 3 aromatic rings. The van der Waals surface area contributed by atoms with Gasteiger partial charge in [-0.15, -0.1) is 0 Å². The van der Waals surface area contributed by atoms with E-state index in [9.17, 15) is 4.39 Å². The monoisotopic (exact) mass is 271 g/mol. The summed E-state index contributed by atoms with van der Waals surface area (Å²) in [4.78, 5) is 4.27. The summed E-state index contributed by atoms with van der Waals surface area (Å²) < 4.78 is 20.9. The number of rotatable bonds is 3. The lowest BCUT2D eigenvalue weighted by atomic mass is 10.2. The predicted octanol–water partition coefficient (Wildman–Crippen LogP) is 3.15. The molecule has 1 aromatic heterocycles. The number of aromatic nitrogens is 2. The average Bonchev–Trinajstić information content (AvgIpc) is 2.84. The van der Waals surface area contributed by atoms with Gasteiger partial charge in [0.2, 0.25) is 0 Å². The topological polar surface area (TPSA) is 53.1 Å². The van der Waals surface area contributed by atoms with Crippen LogP contribution in [0, 0.1) is 5.82 Å². The number of halogens is 1. The Morgan fingerprint density at radius 1 is 1.25 bits per heavy atom. The molecular weight excluding hydrogens is 257 g/mol. The van der Waals surface area contributed by atoms with Crippen molar-refractivity contribution in [3.63, 3.8) is 0 Å². The molecule has 3 rings (SSSR count). The molecule has 0 saturated heterocycles. The smallest absolute Gasteiger partial charge is 0.167 e. The number of benzene rings is 2. The van der Waals surface area contributed by atoms with Crippen molar-refractivity contribution in [2.75, 3.05) is 12.3 Å². The minimum atomic E-state index is -0.387. The van der Waals surface area contributed by atoms with Crippen LogP contribution < -0.4 is 10.5 Å². The summed E-state index contributed by atoms with van der Waals surface area (Å²) in [6.45, 7) is 2.25. The van der Waals surface area contributed by atoms with Crippen molar-refractivity contribution in [3.05, 3.63) is 48.5 Å². The number of fused-ring (bicyclic) bond motifs is 1. The van der Waals surface area contributed by atoms with Crippen molar-refractivity contribution in [1.29, 1.82) is 0 Å². The van der Waals surface area contributed by atoms with Crippen LogP contribution in [0.25, 0.3) is 16.7 Å². The van der Waals surface area contributed by atoms with E-state index < -0.39 is 0 Å². The molecule has 102 valence electrons. The number of imidazole rings is 1. The normalized spacial score (nSPS) is 10.9. The first-order chi connectivity index (χ1) is 9.69. The number of nitrogens with zero attached hydrogens (tertiary/aromatic N) is 2. The third kappa shape index (κ3) is 2.07. The van der Waals surface area contributed by atoms with Gasteiger partial charge in [0.1, 0.15) is 6.33 Å². The maximum absolute atomic E-state index is 13.9. The van der Waals surface area contributed by atoms with Gasteiger partial charge in [-0.25, -0.2) is 9.37 Å². The van der Waals surface area contributed by atoms with Crippen LogP contribution in [0.1, 0.15) is 6.92 Å². The number of ether oxygens (including phenoxy) is 1. The first-order valence-corrected chi connectivity index (χ1v) is 6.34. The molecule has 2 N–H and O–H groups in total. The Labute approximate surface area is 115 Å². The van der Waals surface area contributed by atoms with Gasteiger partial charge in [-0.3, -0.25) is 4.57 Å². The molecule has 1 heterocycles. The van der Waals surface area contributed by atoms with Gasteiger partial charge in [0.25, 0.3) is 0 Å². The Bertz CT molecular complexity index is 767.